The van der Waals surface area contributed by atoms with Gasteiger partial charge in [0.05, 0.1) is 11.4 Å². The summed E-state index contributed by atoms with van der Waals surface area (Å²) in [7, 11) is 0. The van der Waals surface area contributed by atoms with E-state index in [-0.39, 0.29) is 23.0 Å². The van der Waals surface area contributed by atoms with Crippen LogP contribution in [-0.4, -0.2) is 19.9 Å². The van der Waals surface area contributed by atoms with Gasteiger partial charge in [-0.2, -0.15) is 0 Å². The molecule has 0 atom stereocenters. The van der Waals surface area contributed by atoms with E-state index < -0.39 is 0 Å². The van der Waals surface area contributed by atoms with Gasteiger partial charge in [-0.3, -0.25) is 0 Å². The number of benzene rings is 9. The van der Waals surface area contributed by atoms with E-state index in [1.165, 1.54) is 66.6 Å². The highest BCUT2D eigenvalue weighted by Gasteiger charge is 2.46. The van der Waals surface area contributed by atoms with Gasteiger partial charge in [-0.25, -0.2) is 0 Å². The number of fused-ring (bicyclic) bond motifs is 6. The van der Waals surface area contributed by atoms with Crippen molar-refractivity contribution in [3.05, 3.63) is 215 Å². The van der Waals surface area contributed by atoms with Crippen LogP contribution >= 0.6 is 0 Å². The Kier molecular flexibility index (Phi) is 12.1. The van der Waals surface area contributed by atoms with Crippen molar-refractivity contribution < 1.29 is 9.47 Å². The molecular weight excluding hydrogens is 938 g/mol. The molecule has 0 unspecified atom stereocenters. The lowest BCUT2D eigenvalue weighted by Crippen LogP contribution is -2.61. The fraction of sp³-hybridized carbons (Fsp3) is 0.239. The van der Waals surface area contributed by atoms with Gasteiger partial charge in [0.1, 0.15) is 13.2 Å². The van der Waals surface area contributed by atoms with Crippen molar-refractivity contribution in [3.8, 4) is 33.8 Å². The summed E-state index contributed by atoms with van der Waals surface area (Å²) >= 11 is 0. The first kappa shape index (κ1) is 49.9. The van der Waals surface area contributed by atoms with Gasteiger partial charge in [-0.05, 0) is 182 Å². The van der Waals surface area contributed by atoms with Crippen LogP contribution in [0.4, 0.5) is 51.2 Å². The summed E-state index contributed by atoms with van der Waals surface area (Å²) in [5.41, 5.74) is 25.9. The lowest BCUT2D eigenvalue weighted by molar-refractivity contribution is 0.172. The van der Waals surface area contributed by atoms with Gasteiger partial charge in [0.25, 0.3) is 6.71 Å². The van der Waals surface area contributed by atoms with Crippen LogP contribution < -0.4 is 40.6 Å². The van der Waals surface area contributed by atoms with Crippen LogP contribution in [0.3, 0.4) is 0 Å². The molecule has 0 radical (unpaired) electrons. The highest BCUT2D eigenvalue weighted by molar-refractivity contribution is 7.00. The van der Waals surface area contributed by atoms with Crippen molar-refractivity contribution >= 4 is 74.3 Å². The molecule has 3 aliphatic rings. The van der Waals surface area contributed by atoms with Crippen LogP contribution in [0.25, 0.3) is 22.3 Å². The summed E-state index contributed by atoms with van der Waals surface area (Å²) < 4.78 is 13.3. The second-order valence-corrected chi connectivity index (χ2v) is 24.7. The van der Waals surface area contributed by atoms with E-state index in [4.69, 9.17) is 9.47 Å². The molecule has 12 rings (SSSR count). The van der Waals surface area contributed by atoms with E-state index in [9.17, 15) is 0 Å². The number of para-hydroxylation sites is 2. The van der Waals surface area contributed by atoms with Crippen molar-refractivity contribution in [2.24, 2.45) is 0 Å². The van der Waals surface area contributed by atoms with Crippen molar-refractivity contribution in [2.45, 2.75) is 99.3 Å². The molecule has 77 heavy (non-hydrogen) atoms. The molecule has 384 valence electrons. The third-order valence-electron chi connectivity index (χ3n) is 16.1. The minimum absolute atomic E-state index is 0.0200. The Labute approximate surface area is 457 Å². The van der Waals surface area contributed by atoms with E-state index in [1.54, 1.807) is 0 Å². The van der Waals surface area contributed by atoms with Gasteiger partial charge in [-0.1, -0.05) is 172 Å². The molecule has 6 heteroatoms. The predicted octanol–water partition coefficient (Wildman–Crippen LogP) is 17.2. The Morgan fingerprint density at radius 2 is 0.922 bits per heavy atom. The third-order valence-corrected chi connectivity index (χ3v) is 16.1. The Hall–Kier alpha value is -7.96. The monoisotopic (exact) mass is 1010 g/mol. The second kappa shape index (κ2) is 18.7. The molecule has 9 aromatic carbocycles. The lowest BCUT2D eigenvalue weighted by Gasteiger charge is -2.46. The quantitative estimate of drug-likeness (QED) is 0.148. The van der Waals surface area contributed by atoms with Crippen molar-refractivity contribution in [2.75, 3.05) is 27.9 Å². The molecule has 0 spiro atoms. The van der Waals surface area contributed by atoms with Gasteiger partial charge in [0.15, 0.2) is 11.5 Å². The largest absolute Gasteiger partial charge is 0.486 e. The summed E-state index contributed by atoms with van der Waals surface area (Å²) in [6.45, 7) is 28.3. The molecule has 9 aromatic rings. The van der Waals surface area contributed by atoms with Crippen molar-refractivity contribution in [1.82, 2.24) is 0 Å². The third kappa shape index (κ3) is 8.86. The molecule has 0 saturated heterocycles. The first-order valence-electron chi connectivity index (χ1n) is 27.5. The average molecular weight is 1010 g/mol. The fourth-order valence-electron chi connectivity index (χ4n) is 12.1. The van der Waals surface area contributed by atoms with E-state index in [0.717, 1.165) is 68.1 Å². The van der Waals surface area contributed by atoms with Gasteiger partial charge in [-0.15, -0.1) is 0 Å². The normalized spacial score (nSPS) is 13.7. The number of rotatable bonds is 7. The molecule has 3 aliphatic heterocycles. The second-order valence-electron chi connectivity index (χ2n) is 24.7. The average Bonchev–Trinajstić information content (AvgIpc) is 3.51. The molecule has 3 heterocycles. The molecule has 0 aromatic heterocycles. The van der Waals surface area contributed by atoms with Crippen molar-refractivity contribution in [3.63, 3.8) is 0 Å². The Bertz CT molecular complexity index is 3590. The summed E-state index contributed by atoms with van der Waals surface area (Å²) in [5.74, 6) is 1.58. The van der Waals surface area contributed by atoms with Gasteiger partial charge < -0.3 is 24.2 Å². The minimum Gasteiger partial charge on any atom is -0.486 e. The molecule has 0 N–H and O–H groups in total. The molecule has 0 aliphatic carbocycles. The predicted molar refractivity (Wildman–Crippen MR) is 327 cm³/mol. The smallest absolute Gasteiger partial charge is 0.252 e. The summed E-state index contributed by atoms with van der Waals surface area (Å²) in [6, 6.07) is 68.5. The Morgan fingerprint density at radius 3 is 1.45 bits per heavy atom. The fourth-order valence-corrected chi connectivity index (χ4v) is 12.1. The van der Waals surface area contributed by atoms with Crippen LogP contribution in [0.15, 0.2) is 182 Å². The Balaban J connectivity index is 1.17. The molecule has 0 saturated carbocycles. The van der Waals surface area contributed by atoms with Gasteiger partial charge in [0.2, 0.25) is 0 Å². The number of aryl methyl sites for hydroxylation is 3. The number of hydrogen-bond acceptors (Lipinski definition) is 5. The number of anilines is 9. The van der Waals surface area contributed by atoms with Crippen LogP contribution in [0, 0.1) is 20.8 Å². The first-order valence-corrected chi connectivity index (χ1v) is 27.5. The zero-order valence-electron chi connectivity index (χ0n) is 47.0. The van der Waals surface area contributed by atoms with Gasteiger partial charge >= 0.3 is 0 Å². The summed E-state index contributed by atoms with van der Waals surface area (Å²) in [4.78, 5) is 7.50. The first-order chi connectivity index (χ1) is 36.8. The standard InChI is InChI=1S/C71H70BN3O2/c1-45-37-62-65-63(38-45)75(66-46(2)39-54(40-47(66)3)71(10,11)12)67-60(33-34-64-68(67)77-36-35-76-64)72(65)59-32-31-57(73(55-19-15-13-16-20-55)56-21-17-14-18-22-56)44-61(59)74(62)58-42-50(48-23-27-52(28-24-48)69(4,5)6)41-51(43-58)49-25-29-53(30-26-49)70(7,8)9/h13-34,37-44H,35-36H2,1-12H3. The zero-order valence-corrected chi connectivity index (χ0v) is 47.0. The lowest BCUT2D eigenvalue weighted by atomic mass is 9.33. The Morgan fingerprint density at radius 1 is 0.416 bits per heavy atom. The number of hydrogen-bond donors (Lipinski definition) is 0. The van der Waals surface area contributed by atoms with Crippen LogP contribution in [-0.2, 0) is 16.2 Å². The van der Waals surface area contributed by atoms with Crippen molar-refractivity contribution in [1.29, 1.82) is 0 Å². The van der Waals surface area contributed by atoms with Crippen LogP contribution in [0.1, 0.15) is 95.7 Å². The number of ether oxygens (including phenoxy) is 2. The summed E-state index contributed by atoms with van der Waals surface area (Å²) in [5, 5.41) is 0. The SMILES string of the molecule is Cc1cc2c3c(c1)N(c1c(C)cc(C(C)(C)C)cc1C)c1c(ccc4c1OCCO4)B3c1ccc(N(c3ccccc3)c3ccccc3)cc1N2c1cc(-c2ccc(C(C)(C)C)cc2)cc(-c2ccc(C(C)(C)C)cc2)c1. The van der Waals surface area contributed by atoms with Crippen LogP contribution in [0.5, 0.6) is 11.5 Å². The highest BCUT2D eigenvalue weighted by Crippen LogP contribution is 2.53. The molecule has 5 nitrogen and oxygen atoms in total. The minimum atomic E-state index is -0.142. The highest BCUT2D eigenvalue weighted by atomic mass is 16.6. The molecule has 0 fully saturated rings. The molecule has 0 bridgehead atoms. The number of nitrogens with zero attached hydrogens (tertiary/aromatic N) is 3. The summed E-state index contributed by atoms with van der Waals surface area (Å²) in [6.07, 6.45) is 0. The van der Waals surface area contributed by atoms with E-state index in [1.807, 2.05) is 0 Å². The van der Waals surface area contributed by atoms with Crippen LogP contribution in [0.2, 0.25) is 0 Å². The maximum atomic E-state index is 6.82. The zero-order chi connectivity index (χ0) is 53.7. The maximum Gasteiger partial charge on any atom is 0.252 e. The molecular formula is C71H70BN3O2. The van der Waals surface area contributed by atoms with E-state index >= 15 is 0 Å². The van der Waals surface area contributed by atoms with E-state index in [2.05, 4.69) is 280 Å². The topological polar surface area (TPSA) is 28.2 Å². The molecule has 0 amide bonds. The van der Waals surface area contributed by atoms with E-state index in [0.29, 0.717) is 13.2 Å². The maximum absolute atomic E-state index is 6.82. The van der Waals surface area contributed by atoms with Gasteiger partial charge in [0, 0.05) is 39.8 Å².